The monoisotopic (exact) mass is 385 g/mol. The first-order valence-electron chi connectivity index (χ1n) is 9.34. The Kier molecular flexibility index (Phi) is 3.98. The zero-order valence-corrected chi connectivity index (χ0v) is 15.8. The van der Waals surface area contributed by atoms with E-state index in [9.17, 15) is 4.79 Å². The van der Waals surface area contributed by atoms with Gasteiger partial charge in [0.25, 0.3) is 5.91 Å². The fourth-order valence-corrected chi connectivity index (χ4v) is 3.67. The second kappa shape index (κ2) is 6.67. The van der Waals surface area contributed by atoms with Crippen molar-refractivity contribution >= 4 is 16.8 Å². The largest absolute Gasteiger partial charge is 0.454 e. The third-order valence-electron chi connectivity index (χ3n) is 5.35. The molecule has 2 aromatic carbocycles. The maximum atomic E-state index is 13.2. The second-order valence-electron chi connectivity index (χ2n) is 7.16. The van der Waals surface area contributed by atoms with Crippen molar-refractivity contribution in [3.05, 3.63) is 89.9 Å². The summed E-state index contributed by atoms with van der Waals surface area (Å²) in [6, 6.07) is 17.0. The van der Waals surface area contributed by atoms with Crippen LogP contribution in [0.2, 0.25) is 0 Å². The number of nitrogens with one attached hydrogen (secondary N) is 2. The van der Waals surface area contributed by atoms with Gasteiger partial charge in [0.1, 0.15) is 0 Å². The lowest BCUT2D eigenvalue weighted by Crippen LogP contribution is -2.44. The minimum Gasteiger partial charge on any atom is -0.454 e. The summed E-state index contributed by atoms with van der Waals surface area (Å²) >= 11 is 0. The number of hydrogen-bond donors (Lipinski definition) is 2. The zero-order valence-electron chi connectivity index (χ0n) is 15.8. The molecule has 0 radical (unpaired) electrons. The fourth-order valence-electron chi connectivity index (χ4n) is 3.67. The third-order valence-corrected chi connectivity index (χ3v) is 5.35. The highest BCUT2D eigenvalue weighted by Crippen LogP contribution is 2.38. The number of aromatic amines is 1. The third kappa shape index (κ3) is 2.99. The van der Waals surface area contributed by atoms with Gasteiger partial charge in [-0.15, -0.1) is 0 Å². The number of carbonyl (C=O) groups excluding carboxylic acids is 1. The molecule has 0 saturated carbocycles. The molecule has 1 unspecified atom stereocenters. The molecule has 6 heteroatoms. The lowest BCUT2D eigenvalue weighted by molar-refractivity contribution is 0.0919. The molecule has 1 aliphatic rings. The van der Waals surface area contributed by atoms with Crippen LogP contribution in [0.1, 0.15) is 28.4 Å². The molecule has 3 heterocycles. The highest BCUT2D eigenvalue weighted by Gasteiger charge is 2.33. The molecule has 0 saturated heterocycles. The molecule has 0 spiro atoms. The van der Waals surface area contributed by atoms with Gasteiger partial charge < -0.3 is 19.8 Å². The maximum Gasteiger partial charge on any atom is 0.252 e. The van der Waals surface area contributed by atoms with Crippen molar-refractivity contribution in [2.45, 2.75) is 12.5 Å². The lowest BCUT2D eigenvalue weighted by Gasteiger charge is -2.31. The smallest absolute Gasteiger partial charge is 0.252 e. The Morgan fingerprint density at radius 2 is 1.97 bits per heavy atom. The van der Waals surface area contributed by atoms with E-state index < -0.39 is 5.54 Å². The van der Waals surface area contributed by atoms with E-state index in [0.29, 0.717) is 17.1 Å². The number of H-pyrrole nitrogens is 1. The van der Waals surface area contributed by atoms with Crippen LogP contribution >= 0.6 is 0 Å². The predicted molar refractivity (Wildman–Crippen MR) is 109 cm³/mol. The maximum absolute atomic E-state index is 13.2. The Balaban J connectivity index is 1.54. The standard InChI is InChI=1S/C23H19N3O3/c1-23(18-8-10-24-13-18,17-5-7-20-21(12-17)29-14-28-20)26-22(27)16-4-6-19-15(11-16)3-2-9-25-19/h2-13,24H,14H2,1H3,(H,26,27). The average molecular weight is 385 g/mol. The fraction of sp³-hybridized carbons (Fsp3) is 0.130. The van der Waals surface area contributed by atoms with Gasteiger partial charge in [-0.25, -0.2) is 0 Å². The average Bonchev–Trinajstić information content (AvgIpc) is 3.45. The Bertz CT molecular complexity index is 1200. The summed E-state index contributed by atoms with van der Waals surface area (Å²) in [4.78, 5) is 20.6. The van der Waals surface area contributed by atoms with Crippen LogP contribution in [0.4, 0.5) is 0 Å². The van der Waals surface area contributed by atoms with Crippen LogP contribution < -0.4 is 14.8 Å². The van der Waals surface area contributed by atoms with Crippen LogP contribution in [-0.2, 0) is 5.54 Å². The summed E-state index contributed by atoms with van der Waals surface area (Å²) in [5.74, 6) is 1.21. The number of hydrogen-bond acceptors (Lipinski definition) is 4. The molecular formula is C23H19N3O3. The number of fused-ring (bicyclic) bond motifs is 2. The molecule has 1 atom stereocenters. The summed E-state index contributed by atoms with van der Waals surface area (Å²) in [5.41, 5.74) is 2.51. The molecule has 0 bridgehead atoms. The van der Waals surface area contributed by atoms with Crippen molar-refractivity contribution in [3.63, 3.8) is 0 Å². The van der Waals surface area contributed by atoms with Gasteiger partial charge in [-0.05, 0) is 60.5 Å². The highest BCUT2D eigenvalue weighted by atomic mass is 16.7. The molecule has 29 heavy (non-hydrogen) atoms. The van der Waals surface area contributed by atoms with E-state index in [-0.39, 0.29) is 12.7 Å². The van der Waals surface area contributed by atoms with E-state index in [1.807, 2.05) is 67.8 Å². The number of benzene rings is 2. The Hall–Kier alpha value is -3.80. The SMILES string of the molecule is CC(NC(=O)c1ccc2ncccc2c1)(c1cc[nH]c1)c1ccc2c(c1)OCO2. The molecule has 0 fully saturated rings. The van der Waals surface area contributed by atoms with Gasteiger partial charge in [0.2, 0.25) is 6.79 Å². The van der Waals surface area contributed by atoms with Crippen molar-refractivity contribution in [3.8, 4) is 11.5 Å². The van der Waals surface area contributed by atoms with Crippen LogP contribution in [0.5, 0.6) is 11.5 Å². The molecule has 1 amide bonds. The van der Waals surface area contributed by atoms with Crippen LogP contribution in [0.3, 0.4) is 0 Å². The summed E-state index contributed by atoms with van der Waals surface area (Å²) < 4.78 is 11.0. The summed E-state index contributed by atoms with van der Waals surface area (Å²) in [6.07, 6.45) is 5.47. The number of pyridine rings is 1. The molecule has 2 aromatic heterocycles. The van der Waals surface area contributed by atoms with E-state index >= 15 is 0 Å². The number of amides is 1. The second-order valence-corrected chi connectivity index (χ2v) is 7.16. The van der Waals surface area contributed by atoms with Gasteiger partial charge in [-0.3, -0.25) is 9.78 Å². The first-order valence-corrected chi connectivity index (χ1v) is 9.34. The van der Waals surface area contributed by atoms with E-state index in [1.54, 1.807) is 12.3 Å². The quantitative estimate of drug-likeness (QED) is 0.557. The van der Waals surface area contributed by atoms with E-state index in [0.717, 1.165) is 22.0 Å². The van der Waals surface area contributed by atoms with Crippen molar-refractivity contribution in [2.24, 2.45) is 0 Å². The molecule has 1 aliphatic heterocycles. The normalized spacial score (nSPS) is 14.5. The number of aromatic nitrogens is 2. The zero-order chi connectivity index (χ0) is 19.8. The predicted octanol–water partition coefficient (Wildman–Crippen LogP) is 3.99. The summed E-state index contributed by atoms with van der Waals surface area (Å²) in [6.45, 7) is 2.19. The van der Waals surface area contributed by atoms with Crippen LogP contribution in [-0.4, -0.2) is 22.7 Å². The summed E-state index contributed by atoms with van der Waals surface area (Å²) in [5, 5.41) is 4.13. The van der Waals surface area contributed by atoms with Crippen LogP contribution in [0, 0.1) is 0 Å². The van der Waals surface area contributed by atoms with E-state index in [1.165, 1.54) is 0 Å². The molecular weight excluding hydrogens is 366 g/mol. The number of nitrogens with zero attached hydrogens (tertiary/aromatic N) is 1. The van der Waals surface area contributed by atoms with Crippen LogP contribution in [0.25, 0.3) is 10.9 Å². The van der Waals surface area contributed by atoms with Crippen LogP contribution in [0.15, 0.2) is 73.2 Å². The number of ether oxygens (including phenoxy) is 2. The van der Waals surface area contributed by atoms with Gasteiger partial charge in [0, 0.05) is 29.5 Å². The minimum atomic E-state index is -0.762. The van der Waals surface area contributed by atoms with Gasteiger partial charge in [-0.2, -0.15) is 0 Å². The Morgan fingerprint density at radius 1 is 1.07 bits per heavy atom. The molecule has 4 aromatic rings. The summed E-state index contributed by atoms with van der Waals surface area (Å²) in [7, 11) is 0. The minimum absolute atomic E-state index is 0.169. The van der Waals surface area contributed by atoms with Crippen molar-refractivity contribution in [2.75, 3.05) is 6.79 Å². The lowest BCUT2D eigenvalue weighted by atomic mass is 9.85. The molecule has 2 N–H and O–H groups in total. The Morgan fingerprint density at radius 3 is 2.83 bits per heavy atom. The van der Waals surface area contributed by atoms with Gasteiger partial charge in [0.05, 0.1) is 11.1 Å². The molecule has 144 valence electrons. The molecule has 6 nitrogen and oxygen atoms in total. The van der Waals surface area contributed by atoms with E-state index in [2.05, 4.69) is 15.3 Å². The van der Waals surface area contributed by atoms with Gasteiger partial charge in [-0.1, -0.05) is 12.1 Å². The number of carbonyl (C=O) groups is 1. The topological polar surface area (TPSA) is 76.2 Å². The van der Waals surface area contributed by atoms with Crippen molar-refractivity contribution in [1.82, 2.24) is 15.3 Å². The first-order chi connectivity index (χ1) is 14.1. The van der Waals surface area contributed by atoms with Gasteiger partial charge >= 0.3 is 0 Å². The van der Waals surface area contributed by atoms with E-state index in [4.69, 9.17) is 9.47 Å². The van der Waals surface area contributed by atoms with Gasteiger partial charge in [0.15, 0.2) is 11.5 Å². The van der Waals surface area contributed by atoms with Crippen molar-refractivity contribution < 1.29 is 14.3 Å². The number of rotatable bonds is 4. The first kappa shape index (κ1) is 17.3. The molecule has 5 rings (SSSR count). The van der Waals surface area contributed by atoms with Crippen molar-refractivity contribution in [1.29, 1.82) is 0 Å². The Labute approximate surface area is 167 Å². The molecule has 0 aliphatic carbocycles. The highest BCUT2D eigenvalue weighted by molar-refractivity contribution is 5.98.